The number of aryl methyl sites for hydroxylation is 1. The number of rotatable bonds is 4. The first-order valence-corrected chi connectivity index (χ1v) is 9.70. The molecule has 0 radical (unpaired) electrons. The summed E-state index contributed by atoms with van der Waals surface area (Å²) in [7, 11) is -3.43. The fourth-order valence-electron chi connectivity index (χ4n) is 2.89. The topological polar surface area (TPSA) is 89.2 Å². The van der Waals surface area contributed by atoms with Gasteiger partial charge in [-0.05, 0) is 30.2 Å². The van der Waals surface area contributed by atoms with Crippen LogP contribution >= 0.6 is 0 Å². The highest BCUT2D eigenvalue weighted by molar-refractivity contribution is 7.92. The number of para-hydroxylation sites is 1. The molecule has 27 heavy (non-hydrogen) atoms. The molecule has 3 heterocycles. The number of aromatic nitrogens is 3. The molecule has 0 spiro atoms. The third kappa shape index (κ3) is 3.39. The van der Waals surface area contributed by atoms with Gasteiger partial charge in [-0.1, -0.05) is 23.4 Å². The van der Waals surface area contributed by atoms with Crippen LogP contribution in [0.3, 0.4) is 0 Å². The molecule has 7 nitrogen and oxygen atoms in total. The fraction of sp³-hybridized carbons (Fsp3) is 0.235. The molecule has 1 aromatic carbocycles. The van der Waals surface area contributed by atoms with Crippen molar-refractivity contribution < 1.29 is 21.7 Å². The van der Waals surface area contributed by atoms with Crippen molar-refractivity contribution in [3.8, 4) is 11.4 Å². The molecule has 0 amide bonds. The quantitative estimate of drug-likeness (QED) is 0.678. The first kappa shape index (κ1) is 17.5. The number of hydrogen-bond acceptors (Lipinski definition) is 6. The van der Waals surface area contributed by atoms with Gasteiger partial charge in [0.05, 0.1) is 23.7 Å². The SMILES string of the molecule is O=S1(=O)CCc2ccccc2N1Cc1ccc(-c2noc(C(F)F)n2)cn1. The van der Waals surface area contributed by atoms with E-state index in [1.54, 1.807) is 24.3 Å². The number of pyridine rings is 1. The third-order valence-electron chi connectivity index (χ3n) is 4.24. The molecule has 1 aliphatic heterocycles. The zero-order valence-corrected chi connectivity index (χ0v) is 14.7. The standard InChI is InChI=1S/C17H14F2N4O3S/c18-15(19)17-21-16(22-26-17)12-5-6-13(20-9-12)10-23-14-4-2-1-3-11(14)7-8-27(23,24)25/h1-6,9,15H,7-8,10H2. The van der Waals surface area contributed by atoms with Crippen LogP contribution in [0.15, 0.2) is 47.1 Å². The minimum absolute atomic E-state index is 0.000268. The Balaban J connectivity index is 1.59. The summed E-state index contributed by atoms with van der Waals surface area (Å²) in [6.45, 7) is 0.0775. The number of fused-ring (bicyclic) bond motifs is 1. The number of benzene rings is 1. The lowest BCUT2D eigenvalue weighted by Crippen LogP contribution is -2.37. The van der Waals surface area contributed by atoms with Crippen LogP contribution in [0, 0.1) is 0 Å². The van der Waals surface area contributed by atoms with Crippen LogP contribution < -0.4 is 4.31 Å². The lowest BCUT2D eigenvalue weighted by Gasteiger charge is -2.30. The number of anilines is 1. The van der Waals surface area contributed by atoms with Gasteiger partial charge < -0.3 is 4.52 Å². The Morgan fingerprint density at radius 2 is 2.00 bits per heavy atom. The van der Waals surface area contributed by atoms with Gasteiger partial charge in [-0.2, -0.15) is 13.8 Å². The van der Waals surface area contributed by atoms with E-state index >= 15 is 0 Å². The van der Waals surface area contributed by atoms with Crippen molar-refractivity contribution in [1.29, 1.82) is 0 Å². The smallest absolute Gasteiger partial charge is 0.315 e. The molecule has 1 aliphatic rings. The molecular formula is C17H14F2N4O3S. The van der Waals surface area contributed by atoms with Gasteiger partial charge in [0.1, 0.15) is 0 Å². The average molecular weight is 392 g/mol. The zero-order valence-electron chi connectivity index (χ0n) is 13.9. The molecule has 0 saturated carbocycles. The van der Waals surface area contributed by atoms with Crippen molar-refractivity contribution >= 4 is 15.7 Å². The maximum absolute atomic E-state index is 12.5. The summed E-state index contributed by atoms with van der Waals surface area (Å²) in [5.74, 6) is -0.716. The molecule has 0 atom stereocenters. The minimum atomic E-state index is -3.43. The van der Waals surface area contributed by atoms with Crippen molar-refractivity contribution in [3.63, 3.8) is 0 Å². The Morgan fingerprint density at radius 1 is 1.19 bits per heavy atom. The zero-order chi connectivity index (χ0) is 19.0. The second-order valence-corrected chi connectivity index (χ2v) is 8.01. The summed E-state index contributed by atoms with van der Waals surface area (Å²) < 4.78 is 55.9. The van der Waals surface area contributed by atoms with E-state index in [4.69, 9.17) is 0 Å². The highest BCUT2D eigenvalue weighted by Gasteiger charge is 2.29. The van der Waals surface area contributed by atoms with Crippen molar-refractivity contribution in [2.24, 2.45) is 0 Å². The van der Waals surface area contributed by atoms with Crippen LogP contribution in [-0.2, 0) is 23.0 Å². The first-order valence-electron chi connectivity index (χ1n) is 8.09. The fourth-order valence-corrected chi connectivity index (χ4v) is 4.39. The van der Waals surface area contributed by atoms with E-state index in [1.807, 2.05) is 12.1 Å². The normalized spacial score (nSPS) is 15.7. The molecule has 0 bridgehead atoms. The predicted molar refractivity (Wildman–Crippen MR) is 92.6 cm³/mol. The predicted octanol–water partition coefficient (Wildman–Crippen LogP) is 2.96. The van der Waals surface area contributed by atoms with E-state index in [-0.39, 0.29) is 18.1 Å². The first-order chi connectivity index (χ1) is 12.9. The molecule has 0 fully saturated rings. The largest absolute Gasteiger partial charge is 0.333 e. The Labute approximate surface area is 153 Å². The van der Waals surface area contributed by atoms with Gasteiger partial charge in [-0.3, -0.25) is 9.29 Å². The van der Waals surface area contributed by atoms with Gasteiger partial charge in [0.15, 0.2) is 0 Å². The second kappa shape index (κ2) is 6.69. The molecule has 140 valence electrons. The number of alkyl halides is 2. The number of sulfonamides is 1. The van der Waals surface area contributed by atoms with Gasteiger partial charge in [-0.15, -0.1) is 0 Å². The highest BCUT2D eigenvalue weighted by atomic mass is 32.2. The van der Waals surface area contributed by atoms with Gasteiger partial charge >= 0.3 is 6.43 Å². The molecule has 4 rings (SSSR count). The van der Waals surface area contributed by atoms with E-state index in [1.165, 1.54) is 10.5 Å². The summed E-state index contributed by atoms with van der Waals surface area (Å²) in [6.07, 6.45) is -0.966. The summed E-state index contributed by atoms with van der Waals surface area (Å²) in [5, 5.41) is 3.49. The van der Waals surface area contributed by atoms with E-state index in [0.29, 0.717) is 23.4 Å². The molecular weight excluding hydrogens is 378 g/mol. The van der Waals surface area contributed by atoms with Crippen LogP contribution in [0.1, 0.15) is 23.6 Å². The lowest BCUT2D eigenvalue weighted by molar-refractivity contribution is 0.106. The second-order valence-electron chi connectivity index (χ2n) is 6.00. The summed E-state index contributed by atoms with van der Waals surface area (Å²) in [5.41, 5.74) is 2.53. The molecule has 0 saturated heterocycles. The number of hydrogen-bond donors (Lipinski definition) is 0. The maximum atomic E-state index is 12.5. The van der Waals surface area contributed by atoms with Crippen molar-refractivity contribution in [1.82, 2.24) is 15.1 Å². The van der Waals surface area contributed by atoms with E-state index in [9.17, 15) is 17.2 Å². The van der Waals surface area contributed by atoms with Crippen LogP contribution in [0.4, 0.5) is 14.5 Å². The number of halogens is 2. The Bertz CT molecular complexity index is 1070. The van der Waals surface area contributed by atoms with Crippen molar-refractivity contribution in [2.75, 3.05) is 10.1 Å². The molecule has 0 aliphatic carbocycles. The Hall–Kier alpha value is -2.88. The maximum Gasteiger partial charge on any atom is 0.315 e. The van der Waals surface area contributed by atoms with Gasteiger partial charge in [0.25, 0.3) is 5.89 Å². The van der Waals surface area contributed by atoms with Gasteiger partial charge in [-0.25, -0.2) is 8.42 Å². The molecule has 2 aromatic heterocycles. The molecule has 0 N–H and O–H groups in total. The van der Waals surface area contributed by atoms with Crippen LogP contribution in [0.2, 0.25) is 0 Å². The Morgan fingerprint density at radius 3 is 2.70 bits per heavy atom. The van der Waals surface area contributed by atoms with Gasteiger partial charge in [0.2, 0.25) is 15.8 Å². The van der Waals surface area contributed by atoms with E-state index < -0.39 is 22.3 Å². The summed E-state index contributed by atoms with van der Waals surface area (Å²) in [4.78, 5) is 7.83. The highest BCUT2D eigenvalue weighted by Crippen LogP contribution is 2.30. The monoisotopic (exact) mass is 392 g/mol. The van der Waals surface area contributed by atoms with Crippen LogP contribution in [0.25, 0.3) is 11.4 Å². The van der Waals surface area contributed by atoms with E-state index in [0.717, 1.165) is 5.56 Å². The summed E-state index contributed by atoms with van der Waals surface area (Å²) >= 11 is 0. The minimum Gasteiger partial charge on any atom is -0.333 e. The number of nitrogens with zero attached hydrogens (tertiary/aromatic N) is 4. The van der Waals surface area contributed by atoms with E-state index in [2.05, 4.69) is 19.6 Å². The molecule has 3 aromatic rings. The lowest BCUT2D eigenvalue weighted by atomic mass is 10.1. The average Bonchev–Trinajstić information content (AvgIpc) is 3.15. The summed E-state index contributed by atoms with van der Waals surface area (Å²) in [6, 6.07) is 10.5. The van der Waals surface area contributed by atoms with Gasteiger partial charge in [0, 0.05) is 11.8 Å². The Kier molecular flexibility index (Phi) is 4.34. The van der Waals surface area contributed by atoms with Crippen molar-refractivity contribution in [2.45, 2.75) is 19.4 Å². The third-order valence-corrected chi connectivity index (χ3v) is 5.96. The van der Waals surface area contributed by atoms with Crippen molar-refractivity contribution in [3.05, 3.63) is 59.7 Å². The molecule has 10 heteroatoms. The molecule has 0 unspecified atom stereocenters. The van der Waals surface area contributed by atoms with Crippen LogP contribution in [-0.4, -0.2) is 29.3 Å². The van der Waals surface area contributed by atoms with Crippen LogP contribution in [0.5, 0.6) is 0 Å².